The van der Waals surface area contributed by atoms with E-state index in [4.69, 9.17) is 46.4 Å². The average Bonchev–Trinajstić information content (AvgIpc) is 2.74. The minimum absolute atomic E-state index is 0.186. The second-order valence-electron chi connectivity index (χ2n) is 4.10. The van der Waals surface area contributed by atoms with Crippen LogP contribution in [0.4, 0.5) is 0 Å². The van der Waals surface area contributed by atoms with Gasteiger partial charge >= 0.3 is 0 Å². The monoisotopic (exact) mass is 294 g/mol. The third-order valence-corrected chi connectivity index (χ3v) is 6.09. The fraction of sp³-hybridized carbons (Fsp3) is 1.00. The Bertz CT molecular complexity index is 253. The van der Waals surface area contributed by atoms with Gasteiger partial charge in [0.1, 0.15) is 8.67 Å². The van der Waals surface area contributed by atoms with Crippen molar-refractivity contribution >= 4 is 57.2 Å². The lowest BCUT2D eigenvalue weighted by atomic mass is 10.5. The third-order valence-electron chi connectivity index (χ3n) is 2.69. The van der Waals surface area contributed by atoms with Crippen LogP contribution in [0.1, 0.15) is 12.8 Å². The number of hydrogen-bond acceptors (Lipinski definition) is 1. The van der Waals surface area contributed by atoms with Crippen molar-refractivity contribution in [1.29, 1.82) is 0 Å². The van der Waals surface area contributed by atoms with E-state index >= 15 is 0 Å². The molecule has 0 aromatic heterocycles. The van der Waals surface area contributed by atoms with Crippen molar-refractivity contribution in [3.63, 3.8) is 0 Å². The van der Waals surface area contributed by atoms with Gasteiger partial charge in [0.25, 0.3) is 0 Å². The predicted molar refractivity (Wildman–Crippen MR) is 63.0 cm³/mol. The van der Waals surface area contributed by atoms with Gasteiger partial charge in [0.2, 0.25) is 0 Å². The third kappa shape index (κ3) is 2.70. The number of halogens is 4. The molecule has 2 atom stereocenters. The SMILES string of the molecule is O=S(C[C@H]1CC1(Cl)Cl)C[C@H]1CC1(Cl)Cl. The number of alkyl halides is 4. The first kappa shape index (κ1) is 11.8. The Morgan fingerprint density at radius 1 is 1.00 bits per heavy atom. The molecule has 2 aliphatic carbocycles. The molecule has 82 valence electrons. The lowest BCUT2D eigenvalue weighted by molar-refractivity contribution is 0.675. The van der Waals surface area contributed by atoms with Gasteiger partial charge in [-0.15, -0.1) is 46.4 Å². The van der Waals surface area contributed by atoms with Crippen molar-refractivity contribution in [2.75, 3.05) is 11.5 Å². The van der Waals surface area contributed by atoms with E-state index < -0.39 is 19.5 Å². The smallest absolute Gasteiger partial charge is 0.122 e. The molecule has 2 aliphatic rings. The topological polar surface area (TPSA) is 17.1 Å². The first-order valence-electron chi connectivity index (χ1n) is 4.42. The van der Waals surface area contributed by atoms with E-state index in [1.165, 1.54) is 0 Å². The van der Waals surface area contributed by atoms with E-state index in [0.29, 0.717) is 11.5 Å². The Morgan fingerprint density at radius 2 is 1.29 bits per heavy atom. The van der Waals surface area contributed by atoms with Crippen molar-refractivity contribution in [2.24, 2.45) is 11.8 Å². The highest BCUT2D eigenvalue weighted by Gasteiger charge is 2.55. The van der Waals surface area contributed by atoms with Gasteiger partial charge < -0.3 is 0 Å². The molecule has 0 bridgehead atoms. The molecule has 0 aromatic carbocycles. The van der Waals surface area contributed by atoms with Crippen LogP contribution in [0, 0.1) is 11.8 Å². The maximum atomic E-state index is 11.6. The predicted octanol–water partition coefficient (Wildman–Crippen LogP) is 3.12. The minimum Gasteiger partial charge on any atom is -0.260 e. The first-order valence-corrected chi connectivity index (χ1v) is 7.42. The van der Waals surface area contributed by atoms with Crippen molar-refractivity contribution < 1.29 is 4.21 Å². The van der Waals surface area contributed by atoms with E-state index in [2.05, 4.69) is 0 Å². The quantitative estimate of drug-likeness (QED) is 0.728. The zero-order chi connectivity index (χ0) is 10.6. The van der Waals surface area contributed by atoms with Gasteiger partial charge in [-0.1, -0.05) is 0 Å². The van der Waals surface area contributed by atoms with Crippen LogP contribution in [-0.4, -0.2) is 24.4 Å². The Labute approximate surface area is 106 Å². The molecule has 0 spiro atoms. The molecule has 0 N–H and O–H groups in total. The highest BCUT2D eigenvalue weighted by atomic mass is 35.5. The van der Waals surface area contributed by atoms with Crippen molar-refractivity contribution in [2.45, 2.75) is 21.5 Å². The van der Waals surface area contributed by atoms with Crippen molar-refractivity contribution in [3.05, 3.63) is 0 Å². The summed E-state index contributed by atoms with van der Waals surface area (Å²) < 4.78 is 10.3. The maximum Gasteiger partial charge on any atom is 0.122 e. The van der Waals surface area contributed by atoms with E-state index in [1.807, 2.05) is 0 Å². The molecule has 0 aromatic rings. The highest BCUT2D eigenvalue weighted by molar-refractivity contribution is 7.85. The molecule has 2 saturated carbocycles. The van der Waals surface area contributed by atoms with Crippen LogP contribution >= 0.6 is 46.4 Å². The fourth-order valence-corrected chi connectivity index (χ4v) is 4.68. The van der Waals surface area contributed by atoms with E-state index in [9.17, 15) is 4.21 Å². The molecular weight excluding hydrogens is 286 g/mol. The summed E-state index contributed by atoms with van der Waals surface area (Å²) in [6.07, 6.45) is 1.50. The second-order valence-corrected chi connectivity index (χ2v) is 8.73. The second kappa shape index (κ2) is 3.66. The van der Waals surface area contributed by atoms with E-state index in [0.717, 1.165) is 12.8 Å². The molecule has 2 rings (SSSR count). The molecule has 0 saturated heterocycles. The molecule has 14 heavy (non-hydrogen) atoms. The molecule has 0 amide bonds. The van der Waals surface area contributed by atoms with Crippen LogP contribution in [0.5, 0.6) is 0 Å². The van der Waals surface area contributed by atoms with Crippen LogP contribution in [0.15, 0.2) is 0 Å². The first-order chi connectivity index (χ1) is 6.31. The van der Waals surface area contributed by atoms with Crippen LogP contribution in [0.25, 0.3) is 0 Å². The Kier molecular flexibility index (Phi) is 3.08. The lowest BCUT2D eigenvalue weighted by Crippen LogP contribution is -2.10. The van der Waals surface area contributed by atoms with Crippen molar-refractivity contribution in [1.82, 2.24) is 0 Å². The zero-order valence-corrected chi connectivity index (χ0v) is 11.2. The van der Waals surface area contributed by atoms with Gasteiger partial charge in [-0.3, -0.25) is 4.21 Å². The molecule has 6 heteroatoms. The van der Waals surface area contributed by atoms with Crippen LogP contribution in [0.2, 0.25) is 0 Å². The van der Waals surface area contributed by atoms with Crippen molar-refractivity contribution in [3.8, 4) is 0 Å². The summed E-state index contributed by atoms with van der Waals surface area (Å²) in [5.41, 5.74) is 0. The van der Waals surface area contributed by atoms with Gasteiger partial charge in [-0.25, -0.2) is 0 Å². The maximum absolute atomic E-state index is 11.6. The average molecular weight is 296 g/mol. The Morgan fingerprint density at radius 3 is 1.50 bits per heavy atom. The van der Waals surface area contributed by atoms with Gasteiger partial charge in [-0.05, 0) is 12.8 Å². The summed E-state index contributed by atoms with van der Waals surface area (Å²) in [6.45, 7) is 0. The molecule has 0 unspecified atom stereocenters. The normalized spacial score (nSPS) is 37.2. The van der Waals surface area contributed by atoms with Crippen LogP contribution in [-0.2, 0) is 10.8 Å². The standard InChI is InChI=1S/C8H10Cl4OS/c9-7(10)1-5(7)3-14(13)4-6-2-8(6,11)12/h5-6H,1-4H2/t5-,6-/m1/s1. The van der Waals surface area contributed by atoms with Gasteiger partial charge in [0, 0.05) is 34.1 Å². The summed E-state index contributed by atoms with van der Waals surface area (Å²) >= 11 is 23.4. The Hall–Kier alpha value is 1.31. The number of rotatable bonds is 4. The zero-order valence-electron chi connectivity index (χ0n) is 7.31. The summed E-state index contributed by atoms with van der Waals surface area (Å²) in [4.78, 5) is 0. The highest BCUT2D eigenvalue weighted by Crippen LogP contribution is 2.55. The van der Waals surface area contributed by atoms with E-state index in [-0.39, 0.29) is 11.8 Å². The molecule has 2 fully saturated rings. The molecule has 1 nitrogen and oxygen atoms in total. The summed E-state index contributed by atoms with van der Waals surface area (Å²) in [5, 5.41) is 0. The van der Waals surface area contributed by atoms with Crippen LogP contribution in [0.3, 0.4) is 0 Å². The summed E-state index contributed by atoms with van der Waals surface area (Å²) in [5.74, 6) is 1.52. The van der Waals surface area contributed by atoms with Gasteiger partial charge in [-0.2, -0.15) is 0 Å². The van der Waals surface area contributed by atoms with Gasteiger partial charge in [0.05, 0.1) is 0 Å². The number of hydrogen-bond donors (Lipinski definition) is 0. The molecule has 0 radical (unpaired) electrons. The molecular formula is C8H10Cl4OS. The summed E-state index contributed by atoms with van der Waals surface area (Å²) in [7, 11) is -0.886. The molecule has 0 heterocycles. The Balaban J connectivity index is 1.71. The van der Waals surface area contributed by atoms with Gasteiger partial charge in [0.15, 0.2) is 0 Å². The lowest BCUT2D eigenvalue weighted by Gasteiger charge is -2.02. The molecule has 0 aliphatic heterocycles. The minimum atomic E-state index is -0.886. The largest absolute Gasteiger partial charge is 0.260 e. The van der Waals surface area contributed by atoms with Crippen LogP contribution < -0.4 is 0 Å². The summed E-state index contributed by atoms with van der Waals surface area (Å²) in [6, 6.07) is 0. The van der Waals surface area contributed by atoms with E-state index in [1.54, 1.807) is 0 Å². The fourth-order valence-electron chi connectivity index (χ4n) is 1.42.